The van der Waals surface area contributed by atoms with Crippen molar-refractivity contribution in [1.82, 2.24) is 10.2 Å². The highest BCUT2D eigenvalue weighted by Crippen LogP contribution is 2.31. The van der Waals surface area contributed by atoms with Crippen molar-refractivity contribution >= 4 is 11.6 Å². The highest BCUT2D eigenvalue weighted by Gasteiger charge is 2.30. The lowest BCUT2D eigenvalue weighted by atomic mass is 10.1. The quantitative estimate of drug-likeness (QED) is 0.471. The standard InChI is InChI=1S/C22H14F3N3O2/c23-22(24,25)17-7-4-8-18(13-17)26-19(29)14-9-11-16(12-10-14)21-28-27-20(30-21)15-5-2-1-3-6-15/h1-13H,(H,26,29). The number of alkyl halides is 3. The van der Waals surface area contributed by atoms with Crippen LogP contribution in [0.3, 0.4) is 0 Å². The summed E-state index contributed by atoms with van der Waals surface area (Å²) in [6, 6.07) is 20.1. The van der Waals surface area contributed by atoms with E-state index in [1.54, 1.807) is 12.1 Å². The Labute approximate surface area is 169 Å². The fraction of sp³-hybridized carbons (Fsp3) is 0.0455. The van der Waals surface area contributed by atoms with E-state index in [0.717, 1.165) is 17.7 Å². The Balaban J connectivity index is 1.49. The zero-order valence-corrected chi connectivity index (χ0v) is 15.4. The highest BCUT2D eigenvalue weighted by molar-refractivity contribution is 6.04. The Morgan fingerprint density at radius 2 is 1.43 bits per heavy atom. The molecule has 8 heteroatoms. The molecule has 1 heterocycles. The molecule has 0 saturated carbocycles. The number of halogens is 3. The molecular weight excluding hydrogens is 395 g/mol. The third kappa shape index (κ3) is 4.22. The molecule has 5 nitrogen and oxygen atoms in total. The maximum Gasteiger partial charge on any atom is 0.416 e. The van der Waals surface area contributed by atoms with Crippen LogP contribution in [-0.2, 0) is 6.18 Å². The minimum atomic E-state index is -4.48. The summed E-state index contributed by atoms with van der Waals surface area (Å²) >= 11 is 0. The second-order valence-corrected chi connectivity index (χ2v) is 6.39. The largest absolute Gasteiger partial charge is 0.416 e. The molecule has 0 saturated heterocycles. The second-order valence-electron chi connectivity index (χ2n) is 6.39. The Morgan fingerprint density at radius 1 is 0.800 bits per heavy atom. The number of carbonyl (C=O) groups excluding carboxylic acids is 1. The van der Waals surface area contributed by atoms with Crippen molar-refractivity contribution < 1.29 is 22.4 Å². The van der Waals surface area contributed by atoms with Gasteiger partial charge < -0.3 is 9.73 Å². The smallest absolute Gasteiger partial charge is 0.416 e. The van der Waals surface area contributed by atoms with Crippen molar-refractivity contribution in [1.29, 1.82) is 0 Å². The molecule has 0 spiro atoms. The van der Waals surface area contributed by atoms with Crippen molar-refractivity contribution in [2.24, 2.45) is 0 Å². The van der Waals surface area contributed by atoms with E-state index in [0.29, 0.717) is 17.3 Å². The third-order valence-electron chi connectivity index (χ3n) is 4.29. The van der Waals surface area contributed by atoms with Crippen molar-refractivity contribution in [3.8, 4) is 22.9 Å². The molecule has 0 aliphatic rings. The van der Waals surface area contributed by atoms with Gasteiger partial charge in [0.25, 0.3) is 5.91 Å². The molecule has 0 atom stereocenters. The lowest BCUT2D eigenvalue weighted by Crippen LogP contribution is -2.13. The maximum atomic E-state index is 12.8. The summed E-state index contributed by atoms with van der Waals surface area (Å²) in [6.45, 7) is 0. The van der Waals surface area contributed by atoms with Crippen LogP contribution >= 0.6 is 0 Å². The first-order chi connectivity index (χ1) is 14.4. The van der Waals surface area contributed by atoms with E-state index in [1.807, 2.05) is 30.3 Å². The van der Waals surface area contributed by atoms with E-state index >= 15 is 0 Å². The summed E-state index contributed by atoms with van der Waals surface area (Å²) in [7, 11) is 0. The van der Waals surface area contributed by atoms with Gasteiger partial charge in [0.15, 0.2) is 0 Å². The van der Waals surface area contributed by atoms with Gasteiger partial charge in [0.2, 0.25) is 11.8 Å². The lowest BCUT2D eigenvalue weighted by Gasteiger charge is -2.10. The number of hydrogen-bond donors (Lipinski definition) is 1. The summed E-state index contributed by atoms with van der Waals surface area (Å²) in [6.07, 6.45) is -4.48. The van der Waals surface area contributed by atoms with E-state index in [2.05, 4.69) is 15.5 Å². The number of amides is 1. The number of benzene rings is 3. The molecule has 30 heavy (non-hydrogen) atoms. The molecule has 3 aromatic carbocycles. The van der Waals surface area contributed by atoms with Gasteiger partial charge in [-0.1, -0.05) is 24.3 Å². The number of carbonyl (C=O) groups is 1. The van der Waals surface area contributed by atoms with Crippen LogP contribution in [0.5, 0.6) is 0 Å². The van der Waals surface area contributed by atoms with E-state index in [-0.39, 0.29) is 11.3 Å². The number of nitrogens with zero attached hydrogens (tertiary/aromatic N) is 2. The van der Waals surface area contributed by atoms with E-state index < -0.39 is 17.6 Å². The average Bonchev–Trinajstić information content (AvgIpc) is 3.24. The molecular formula is C22H14F3N3O2. The predicted molar refractivity (Wildman–Crippen MR) is 105 cm³/mol. The molecule has 1 aromatic heterocycles. The molecule has 0 unspecified atom stereocenters. The minimum Gasteiger partial charge on any atom is -0.416 e. The molecule has 1 N–H and O–H groups in total. The predicted octanol–water partition coefficient (Wildman–Crippen LogP) is 5.67. The first kappa shape index (κ1) is 19.4. The van der Waals surface area contributed by atoms with Crippen molar-refractivity contribution in [2.45, 2.75) is 6.18 Å². The summed E-state index contributed by atoms with van der Waals surface area (Å²) in [5.74, 6) is 0.132. The van der Waals surface area contributed by atoms with Gasteiger partial charge in [-0.05, 0) is 54.6 Å². The molecule has 4 aromatic rings. The average molecular weight is 409 g/mol. The summed E-state index contributed by atoms with van der Waals surface area (Å²) in [5, 5.41) is 10.5. The monoisotopic (exact) mass is 409 g/mol. The lowest BCUT2D eigenvalue weighted by molar-refractivity contribution is -0.137. The second kappa shape index (κ2) is 7.82. The van der Waals surface area contributed by atoms with Crippen LogP contribution in [0, 0.1) is 0 Å². The number of anilines is 1. The van der Waals surface area contributed by atoms with Gasteiger partial charge >= 0.3 is 6.18 Å². The van der Waals surface area contributed by atoms with Crippen molar-refractivity contribution in [3.63, 3.8) is 0 Å². The Kier molecular flexibility index (Phi) is 5.05. The summed E-state index contributed by atoms with van der Waals surface area (Å²) in [5.41, 5.74) is 0.900. The van der Waals surface area contributed by atoms with Crippen molar-refractivity contribution in [3.05, 3.63) is 90.0 Å². The molecule has 0 aliphatic carbocycles. The van der Waals surface area contributed by atoms with E-state index in [1.165, 1.54) is 24.3 Å². The number of nitrogens with one attached hydrogen (secondary N) is 1. The Morgan fingerprint density at radius 3 is 2.07 bits per heavy atom. The fourth-order valence-electron chi connectivity index (χ4n) is 2.78. The topological polar surface area (TPSA) is 68.0 Å². The summed E-state index contributed by atoms with van der Waals surface area (Å²) in [4.78, 5) is 12.4. The SMILES string of the molecule is O=C(Nc1cccc(C(F)(F)F)c1)c1ccc(-c2nnc(-c3ccccc3)o2)cc1. The first-order valence-corrected chi connectivity index (χ1v) is 8.88. The van der Waals surface area contributed by atoms with Gasteiger partial charge in [0.05, 0.1) is 5.56 Å². The Hall–Kier alpha value is -3.94. The van der Waals surface area contributed by atoms with E-state index in [4.69, 9.17) is 4.42 Å². The highest BCUT2D eigenvalue weighted by atomic mass is 19.4. The first-order valence-electron chi connectivity index (χ1n) is 8.88. The molecule has 1 amide bonds. The molecule has 0 fully saturated rings. The van der Waals surface area contributed by atoms with Crippen molar-refractivity contribution in [2.75, 3.05) is 5.32 Å². The van der Waals surface area contributed by atoms with Gasteiger partial charge in [-0.15, -0.1) is 10.2 Å². The van der Waals surface area contributed by atoms with Crippen LogP contribution < -0.4 is 5.32 Å². The van der Waals surface area contributed by atoms with Crippen LogP contribution in [0.15, 0.2) is 83.3 Å². The zero-order chi connectivity index (χ0) is 21.1. The molecule has 0 radical (unpaired) electrons. The number of hydrogen-bond acceptors (Lipinski definition) is 4. The van der Waals surface area contributed by atoms with Crippen LogP contribution in [0.1, 0.15) is 15.9 Å². The molecule has 150 valence electrons. The van der Waals surface area contributed by atoms with Crippen LogP contribution in [0.25, 0.3) is 22.9 Å². The van der Waals surface area contributed by atoms with Crippen LogP contribution in [0.4, 0.5) is 18.9 Å². The molecule has 4 rings (SSSR count). The fourth-order valence-corrected chi connectivity index (χ4v) is 2.78. The maximum absolute atomic E-state index is 12.8. The third-order valence-corrected chi connectivity index (χ3v) is 4.29. The minimum absolute atomic E-state index is 0.0586. The molecule has 0 bridgehead atoms. The molecule has 0 aliphatic heterocycles. The van der Waals surface area contributed by atoms with Gasteiger partial charge in [-0.25, -0.2) is 0 Å². The summed E-state index contributed by atoms with van der Waals surface area (Å²) < 4.78 is 44.1. The number of aromatic nitrogens is 2. The van der Waals surface area contributed by atoms with Crippen LogP contribution in [0.2, 0.25) is 0 Å². The number of rotatable bonds is 4. The van der Waals surface area contributed by atoms with E-state index in [9.17, 15) is 18.0 Å². The normalized spacial score (nSPS) is 11.3. The zero-order valence-electron chi connectivity index (χ0n) is 15.4. The van der Waals surface area contributed by atoms with Crippen LogP contribution in [-0.4, -0.2) is 16.1 Å². The van der Waals surface area contributed by atoms with Gasteiger partial charge in [-0.3, -0.25) is 4.79 Å². The van der Waals surface area contributed by atoms with Gasteiger partial charge in [0.1, 0.15) is 0 Å². The Bertz CT molecular complexity index is 1170. The van der Waals surface area contributed by atoms with Gasteiger partial charge in [0, 0.05) is 22.4 Å². The van der Waals surface area contributed by atoms with Gasteiger partial charge in [-0.2, -0.15) is 13.2 Å².